The SMILES string of the molecule is Cc1ccc2nc(-c3ccc(N4C(=O)[C@H]5CC[C@@H](C)C[C@@H]5C4=O)cc3)cc(C(=O)OCC(=O)c3ccccc3)c2c1. The van der Waals surface area contributed by atoms with E-state index in [1.54, 1.807) is 54.6 Å². The highest BCUT2D eigenvalue weighted by molar-refractivity contribution is 6.22. The van der Waals surface area contributed by atoms with E-state index in [0.29, 0.717) is 39.3 Å². The van der Waals surface area contributed by atoms with E-state index in [-0.39, 0.29) is 36.0 Å². The van der Waals surface area contributed by atoms with E-state index in [4.69, 9.17) is 9.72 Å². The Morgan fingerprint density at radius 2 is 1.63 bits per heavy atom. The Kier molecular flexibility index (Phi) is 6.95. The second-order valence-corrected chi connectivity index (χ2v) is 11.1. The first kappa shape index (κ1) is 26.6. The van der Waals surface area contributed by atoms with Crippen LogP contribution in [-0.2, 0) is 14.3 Å². The summed E-state index contributed by atoms with van der Waals surface area (Å²) < 4.78 is 5.45. The van der Waals surface area contributed by atoms with Crippen molar-refractivity contribution < 1.29 is 23.9 Å². The van der Waals surface area contributed by atoms with Gasteiger partial charge in [-0.3, -0.25) is 19.3 Å². The Morgan fingerprint density at radius 1 is 0.902 bits per heavy atom. The van der Waals surface area contributed by atoms with Crippen LogP contribution in [0.4, 0.5) is 5.69 Å². The highest BCUT2D eigenvalue weighted by Crippen LogP contribution is 2.42. The van der Waals surface area contributed by atoms with Gasteiger partial charge in [-0.15, -0.1) is 0 Å². The number of amides is 2. The zero-order valence-corrected chi connectivity index (χ0v) is 23.0. The minimum absolute atomic E-state index is 0.117. The highest BCUT2D eigenvalue weighted by atomic mass is 16.5. The number of pyridine rings is 1. The molecule has 0 spiro atoms. The van der Waals surface area contributed by atoms with Crippen LogP contribution in [0, 0.1) is 24.7 Å². The van der Waals surface area contributed by atoms with Gasteiger partial charge in [0.15, 0.2) is 12.4 Å². The van der Waals surface area contributed by atoms with Crippen LogP contribution in [0.3, 0.4) is 0 Å². The van der Waals surface area contributed by atoms with Crippen LogP contribution in [0.15, 0.2) is 78.9 Å². The van der Waals surface area contributed by atoms with Crippen LogP contribution in [0.1, 0.15) is 52.5 Å². The summed E-state index contributed by atoms with van der Waals surface area (Å²) in [7, 11) is 0. The van der Waals surface area contributed by atoms with Crippen molar-refractivity contribution in [1.29, 1.82) is 0 Å². The molecule has 1 saturated carbocycles. The van der Waals surface area contributed by atoms with E-state index < -0.39 is 5.97 Å². The van der Waals surface area contributed by atoms with Crippen molar-refractivity contribution in [3.8, 4) is 11.3 Å². The molecule has 2 amide bonds. The van der Waals surface area contributed by atoms with Gasteiger partial charge in [-0.05, 0) is 62.4 Å². The summed E-state index contributed by atoms with van der Waals surface area (Å²) in [5.74, 6) is -1.16. The maximum atomic E-state index is 13.3. The Morgan fingerprint density at radius 3 is 2.39 bits per heavy atom. The topological polar surface area (TPSA) is 93.6 Å². The lowest BCUT2D eigenvalue weighted by Gasteiger charge is -2.25. The fourth-order valence-corrected chi connectivity index (χ4v) is 6.00. The lowest BCUT2D eigenvalue weighted by atomic mass is 9.76. The number of anilines is 1. The molecule has 206 valence electrons. The molecule has 1 aromatic heterocycles. The maximum absolute atomic E-state index is 13.3. The molecular formula is C34H30N2O5. The molecule has 0 unspecified atom stereocenters. The van der Waals surface area contributed by atoms with Gasteiger partial charge in [0.05, 0.1) is 34.3 Å². The maximum Gasteiger partial charge on any atom is 0.339 e. The number of ether oxygens (including phenoxy) is 1. The molecule has 2 heterocycles. The number of fused-ring (bicyclic) bond motifs is 2. The molecule has 3 atom stereocenters. The average Bonchev–Trinajstić information content (AvgIpc) is 3.24. The van der Waals surface area contributed by atoms with Crippen molar-refractivity contribution in [2.24, 2.45) is 17.8 Å². The number of aromatic nitrogens is 1. The van der Waals surface area contributed by atoms with Crippen LogP contribution in [0.2, 0.25) is 0 Å². The van der Waals surface area contributed by atoms with Crippen LogP contribution >= 0.6 is 0 Å². The van der Waals surface area contributed by atoms with E-state index in [1.165, 1.54) is 4.90 Å². The standard InChI is InChI=1S/C34H30N2O5/c1-20-8-14-25-27(17-20)33(39)36(32(25)38)24-12-10-22(11-13-24)30-18-28(26-16-21(2)9-15-29(26)35-30)34(40)41-19-31(37)23-6-4-3-5-7-23/h3-7,9-13,15-16,18,20,25,27H,8,14,17,19H2,1-2H3/t20-,25+,27+/m1/s1. The second-order valence-electron chi connectivity index (χ2n) is 11.1. The molecular weight excluding hydrogens is 516 g/mol. The quantitative estimate of drug-likeness (QED) is 0.163. The molecule has 1 aliphatic heterocycles. The Labute approximate surface area is 238 Å². The number of hydrogen-bond acceptors (Lipinski definition) is 6. The Balaban J connectivity index is 1.28. The normalized spacial score (nSPS) is 20.2. The van der Waals surface area contributed by atoms with E-state index in [9.17, 15) is 19.2 Å². The van der Waals surface area contributed by atoms with Gasteiger partial charge < -0.3 is 4.74 Å². The van der Waals surface area contributed by atoms with Crippen LogP contribution in [-0.4, -0.2) is 35.2 Å². The molecule has 7 heteroatoms. The summed E-state index contributed by atoms with van der Waals surface area (Å²) in [5, 5.41) is 0.632. The number of carbonyl (C=O) groups is 4. The molecule has 41 heavy (non-hydrogen) atoms. The lowest BCUT2D eigenvalue weighted by molar-refractivity contribution is -0.122. The predicted octanol–water partition coefficient (Wildman–Crippen LogP) is 6.18. The van der Waals surface area contributed by atoms with Crippen molar-refractivity contribution in [3.63, 3.8) is 0 Å². The van der Waals surface area contributed by atoms with Gasteiger partial charge in [-0.2, -0.15) is 0 Å². The molecule has 4 aromatic rings. The van der Waals surface area contributed by atoms with Crippen LogP contribution in [0.5, 0.6) is 0 Å². The summed E-state index contributed by atoms with van der Waals surface area (Å²) in [6.45, 7) is 3.69. The molecule has 2 fully saturated rings. The van der Waals surface area contributed by atoms with Gasteiger partial charge >= 0.3 is 5.97 Å². The fraction of sp³-hybridized carbons (Fsp3) is 0.265. The van der Waals surface area contributed by atoms with E-state index >= 15 is 0 Å². The van der Waals surface area contributed by atoms with Crippen molar-refractivity contribution in [1.82, 2.24) is 4.98 Å². The van der Waals surface area contributed by atoms with Crippen molar-refractivity contribution in [2.45, 2.75) is 33.1 Å². The summed E-state index contributed by atoms with van der Waals surface area (Å²) >= 11 is 0. The third kappa shape index (κ3) is 5.04. The first-order valence-corrected chi connectivity index (χ1v) is 13.9. The van der Waals surface area contributed by atoms with Gasteiger partial charge in [0.25, 0.3) is 0 Å². The monoisotopic (exact) mass is 546 g/mol. The van der Waals surface area contributed by atoms with Crippen molar-refractivity contribution in [3.05, 3.63) is 95.6 Å². The molecule has 7 nitrogen and oxygen atoms in total. The number of hydrogen-bond donors (Lipinski definition) is 0. The molecule has 6 rings (SSSR count). The number of aryl methyl sites for hydroxylation is 1. The Hall–Kier alpha value is -4.65. The van der Waals surface area contributed by atoms with Gasteiger partial charge in [-0.25, -0.2) is 9.78 Å². The van der Waals surface area contributed by atoms with Gasteiger partial charge in [0, 0.05) is 16.5 Å². The smallest absolute Gasteiger partial charge is 0.339 e. The third-order valence-electron chi connectivity index (χ3n) is 8.22. The van der Waals surface area contributed by atoms with E-state index in [0.717, 1.165) is 30.4 Å². The summed E-state index contributed by atoms with van der Waals surface area (Å²) in [6, 6.07) is 23.1. The number of benzene rings is 3. The number of imide groups is 1. The summed E-state index contributed by atoms with van der Waals surface area (Å²) in [4.78, 5) is 58.2. The van der Waals surface area contributed by atoms with E-state index in [1.807, 2.05) is 31.2 Å². The van der Waals surface area contributed by atoms with Gasteiger partial charge in [0.1, 0.15) is 0 Å². The zero-order valence-electron chi connectivity index (χ0n) is 23.0. The first-order chi connectivity index (χ1) is 19.8. The highest BCUT2D eigenvalue weighted by Gasteiger charge is 2.49. The van der Waals surface area contributed by atoms with Crippen molar-refractivity contribution >= 4 is 40.2 Å². The minimum Gasteiger partial charge on any atom is -0.454 e. The number of nitrogens with zero attached hydrogens (tertiary/aromatic N) is 2. The molecule has 2 aliphatic rings. The summed E-state index contributed by atoms with van der Waals surface area (Å²) in [5.41, 5.74) is 4.15. The molecule has 0 N–H and O–H groups in total. The predicted molar refractivity (Wildman–Crippen MR) is 155 cm³/mol. The van der Waals surface area contributed by atoms with E-state index in [2.05, 4.69) is 6.92 Å². The number of carbonyl (C=O) groups excluding carboxylic acids is 4. The second kappa shape index (κ2) is 10.7. The van der Waals surface area contributed by atoms with Crippen LogP contribution < -0.4 is 4.90 Å². The fourth-order valence-electron chi connectivity index (χ4n) is 6.00. The molecule has 1 saturated heterocycles. The molecule has 0 bridgehead atoms. The number of ketones is 1. The number of rotatable bonds is 6. The van der Waals surface area contributed by atoms with Gasteiger partial charge in [0.2, 0.25) is 11.8 Å². The van der Waals surface area contributed by atoms with Crippen molar-refractivity contribution in [2.75, 3.05) is 11.5 Å². The minimum atomic E-state index is -0.616. The largest absolute Gasteiger partial charge is 0.454 e. The third-order valence-corrected chi connectivity index (χ3v) is 8.22. The number of esters is 1. The Bertz CT molecular complexity index is 1680. The average molecular weight is 547 g/mol. The molecule has 3 aromatic carbocycles. The van der Waals surface area contributed by atoms with Gasteiger partial charge in [-0.1, -0.05) is 61.0 Å². The van der Waals surface area contributed by atoms with Crippen LogP contribution in [0.25, 0.3) is 22.2 Å². The molecule has 1 aliphatic carbocycles. The summed E-state index contributed by atoms with van der Waals surface area (Å²) in [6.07, 6.45) is 2.47. The zero-order chi connectivity index (χ0) is 28.7. The first-order valence-electron chi connectivity index (χ1n) is 13.9. The lowest BCUT2D eigenvalue weighted by Crippen LogP contribution is -2.30. The number of Topliss-reactive ketones (excluding diaryl/α,β-unsaturated/α-hetero) is 1. The molecule has 0 radical (unpaired) electrons.